The highest BCUT2D eigenvalue weighted by molar-refractivity contribution is 5.81. The van der Waals surface area contributed by atoms with E-state index >= 15 is 0 Å². The zero-order valence-electron chi connectivity index (χ0n) is 17.3. The summed E-state index contributed by atoms with van der Waals surface area (Å²) in [6, 6.07) is 8.57. The highest BCUT2D eigenvalue weighted by Gasteiger charge is 2.38. The molecule has 1 aromatic carbocycles. The van der Waals surface area contributed by atoms with Crippen LogP contribution in [0.2, 0.25) is 0 Å². The lowest BCUT2D eigenvalue weighted by molar-refractivity contribution is -0.120. The quantitative estimate of drug-likeness (QED) is 0.658. The van der Waals surface area contributed by atoms with Crippen LogP contribution in [0.4, 0.5) is 12.0 Å². The fraction of sp³-hybridized carbons (Fsp3) is 0.381. The standard InChI is InChI=1S/C21H25N7O2/c1-13(2)21(3,18-26-20(30-27-18)28-9-8-23-17(29)12-28)16-6-4-14(5-7-16)15-10-24-19(22)25-11-15/h4-7,10-11,13H,8-9,12H2,1-3H3,(H,23,29)(H2,22,24,25). The van der Waals surface area contributed by atoms with Crippen LogP contribution in [0, 0.1) is 5.92 Å². The molecule has 9 nitrogen and oxygen atoms in total. The van der Waals surface area contributed by atoms with Crippen molar-refractivity contribution in [3.8, 4) is 11.1 Å². The van der Waals surface area contributed by atoms with Crippen molar-refractivity contribution in [1.82, 2.24) is 25.4 Å². The van der Waals surface area contributed by atoms with Crippen molar-refractivity contribution in [3.05, 3.63) is 48.0 Å². The number of piperazine rings is 1. The van der Waals surface area contributed by atoms with Gasteiger partial charge in [-0.2, -0.15) is 4.98 Å². The molecular weight excluding hydrogens is 382 g/mol. The highest BCUT2D eigenvalue weighted by Crippen LogP contribution is 2.38. The van der Waals surface area contributed by atoms with E-state index in [0.717, 1.165) is 16.7 Å². The first kappa shape index (κ1) is 19.8. The van der Waals surface area contributed by atoms with Crippen molar-refractivity contribution >= 4 is 17.9 Å². The predicted octanol–water partition coefficient (Wildman–Crippen LogP) is 2.01. The predicted molar refractivity (Wildman–Crippen MR) is 113 cm³/mol. The molecule has 0 aliphatic carbocycles. The number of nitrogens with zero attached hydrogens (tertiary/aromatic N) is 5. The lowest BCUT2D eigenvalue weighted by Gasteiger charge is -2.31. The second-order valence-electron chi connectivity index (χ2n) is 7.94. The number of nitrogen functional groups attached to an aromatic ring is 1. The number of nitrogens with one attached hydrogen (secondary N) is 1. The average Bonchev–Trinajstić information content (AvgIpc) is 3.24. The third-order valence-corrected chi connectivity index (χ3v) is 5.83. The molecule has 156 valence electrons. The number of rotatable bonds is 5. The molecule has 3 N–H and O–H groups in total. The van der Waals surface area contributed by atoms with Crippen molar-refractivity contribution in [2.24, 2.45) is 5.92 Å². The Morgan fingerprint density at radius 2 is 1.87 bits per heavy atom. The summed E-state index contributed by atoms with van der Waals surface area (Å²) in [6.07, 6.45) is 3.42. The number of nitrogens with two attached hydrogens (primary N) is 1. The summed E-state index contributed by atoms with van der Waals surface area (Å²) in [5, 5.41) is 7.08. The Labute approximate surface area is 174 Å². The van der Waals surface area contributed by atoms with Crippen LogP contribution in [0.15, 0.2) is 41.2 Å². The van der Waals surface area contributed by atoms with Crippen LogP contribution in [-0.2, 0) is 10.2 Å². The first-order valence-corrected chi connectivity index (χ1v) is 9.92. The van der Waals surface area contributed by atoms with Crippen LogP contribution >= 0.6 is 0 Å². The second-order valence-corrected chi connectivity index (χ2v) is 7.94. The van der Waals surface area contributed by atoms with Crippen LogP contribution in [0.3, 0.4) is 0 Å². The highest BCUT2D eigenvalue weighted by atomic mass is 16.5. The van der Waals surface area contributed by atoms with E-state index in [9.17, 15) is 4.79 Å². The molecule has 2 aromatic heterocycles. The van der Waals surface area contributed by atoms with Gasteiger partial charge in [-0.05, 0) is 24.0 Å². The van der Waals surface area contributed by atoms with Gasteiger partial charge in [-0.15, -0.1) is 0 Å². The fourth-order valence-corrected chi connectivity index (χ4v) is 3.57. The molecule has 1 aliphatic rings. The Morgan fingerprint density at radius 3 is 2.50 bits per heavy atom. The van der Waals surface area contributed by atoms with Crippen LogP contribution in [0.5, 0.6) is 0 Å². The van der Waals surface area contributed by atoms with E-state index in [1.54, 1.807) is 17.3 Å². The number of hydrogen-bond donors (Lipinski definition) is 2. The average molecular weight is 407 g/mol. The second kappa shape index (κ2) is 7.74. The number of amides is 1. The first-order valence-electron chi connectivity index (χ1n) is 9.92. The smallest absolute Gasteiger partial charge is 0.324 e. The summed E-state index contributed by atoms with van der Waals surface area (Å²) in [7, 11) is 0. The molecule has 0 bridgehead atoms. The third-order valence-electron chi connectivity index (χ3n) is 5.83. The molecule has 9 heteroatoms. The first-order chi connectivity index (χ1) is 14.4. The summed E-state index contributed by atoms with van der Waals surface area (Å²) in [4.78, 5) is 26.3. The fourth-order valence-electron chi connectivity index (χ4n) is 3.57. The van der Waals surface area contributed by atoms with E-state index in [1.165, 1.54) is 0 Å². The van der Waals surface area contributed by atoms with Gasteiger partial charge < -0.3 is 20.5 Å². The molecule has 0 spiro atoms. The number of hydrogen-bond acceptors (Lipinski definition) is 8. The largest absolute Gasteiger partial charge is 0.368 e. The van der Waals surface area contributed by atoms with Crippen LogP contribution in [0.25, 0.3) is 11.1 Å². The molecule has 1 unspecified atom stereocenters. The van der Waals surface area contributed by atoms with Crippen molar-refractivity contribution in [1.29, 1.82) is 0 Å². The van der Waals surface area contributed by atoms with Crippen molar-refractivity contribution < 1.29 is 9.32 Å². The molecule has 3 heterocycles. The van der Waals surface area contributed by atoms with Gasteiger partial charge in [-0.1, -0.05) is 43.3 Å². The molecule has 3 aromatic rings. The van der Waals surface area contributed by atoms with Gasteiger partial charge >= 0.3 is 6.01 Å². The van der Waals surface area contributed by atoms with Gasteiger partial charge in [0.1, 0.15) is 6.54 Å². The number of aromatic nitrogens is 4. The van der Waals surface area contributed by atoms with E-state index in [0.29, 0.717) is 24.9 Å². The Morgan fingerprint density at radius 1 is 1.17 bits per heavy atom. The van der Waals surface area contributed by atoms with Gasteiger partial charge in [0, 0.05) is 31.0 Å². The van der Waals surface area contributed by atoms with E-state index in [1.807, 2.05) is 12.1 Å². The molecule has 1 saturated heterocycles. The number of carbonyl (C=O) groups is 1. The SMILES string of the molecule is CC(C)C(C)(c1ccc(-c2cnc(N)nc2)cc1)c1noc(N2CCNC(=O)C2)n1. The zero-order chi connectivity index (χ0) is 21.3. The maximum Gasteiger partial charge on any atom is 0.324 e. The maximum atomic E-state index is 11.7. The van der Waals surface area contributed by atoms with Gasteiger partial charge in [0.25, 0.3) is 0 Å². The minimum Gasteiger partial charge on any atom is -0.368 e. The van der Waals surface area contributed by atoms with Gasteiger partial charge in [-0.25, -0.2) is 9.97 Å². The molecule has 1 atom stereocenters. The maximum absolute atomic E-state index is 11.7. The van der Waals surface area contributed by atoms with Gasteiger partial charge in [0.05, 0.1) is 5.41 Å². The van der Waals surface area contributed by atoms with Crippen molar-refractivity contribution in [3.63, 3.8) is 0 Å². The minimum absolute atomic E-state index is 0.0464. The minimum atomic E-state index is -0.462. The molecule has 1 amide bonds. The van der Waals surface area contributed by atoms with Crippen LogP contribution in [0.1, 0.15) is 32.2 Å². The van der Waals surface area contributed by atoms with Gasteiger partial charge in [-0.3, -0.25) is 4.79 Å². The Bertz CT molecular complexity index is 1030. The van der Waals surface area contributed by atoms with E-state index in [2.05, 4.69) is 58.3 Å². The van der Waals surface area contributed by atoms with E-state index in [4.69, 9.17) is 10.3 Å². The molecule has 4 rings (SSSR count). The Balaban J connectivity index is 1.64. The normalized spacial score (nSPS) is 16.4. The Kier molecular flexibility index (Phi) is 5.11. The lowest BCUT2D eigenvalue weighted by Crippen LogP contribution is -2.47. The summed E-state index contributed by atoms with van der Waals surface area (Å²) >= 11 is 0. The molecule has 0 saturated carbocycles. The Hall–Kier alpha value is -3.49. The summed E-state index contributed by atoms with van der Waals surface area (Å²) in [5.41, 5.74) is 8.08. The zero-order valence-corrected chi connectivity index (χ0v) is 17.3. The number of benzene rings is 1. The van der Waals surface area contributed by atoms with E-state index in [-0.39, 0.29) is 24.3 Å². The van der Waals surface area contributed by atoms with Crippen molar-refractivity contribution in [2.45, 2.75) is 26.2 Å². The number of anilines is 2. The molecule has 30 heavy (non-hydrogen) atoms. The van der Waals surface area contributed by atoms with E-state index < -0.39 is 5.41 Å². The summed E-state index contributed by atoms with van der Waals surface area (Å²) in [6.45, 7) is 7.80. The molecule has 1 fully saturated rings. The van der Waals surface area contributed by atoms with Gasteiger partial charge in [0.2, 0.25) is 11.9 Å². The molecule has 1 aliphatic heterocycles. The molecule has 0 radical (unpaired) electrons. The summed E-state index contributed by atoms with van der Waals surface area (Å²) < 4.78 is 5.53. The van der Waals surface area contributed by atoms with Crippen LogP contribution in [-0.4, -0.2) is 45.7 Å². The molecular formula is C21H25N7O2. The lowest BCUT2D eigenvalue weighted by atomic mass is 9.72. The van der Waals surface area contributed by atoms with Gasteiger partial charge in [0.15, 0.2) is 5.82 Å². The van der Waals surface area contributed by atoms with Crippen molar-refractivity contribution in [2.75, 3.05) is 30.3 Å². The topological polar surface area (TPSA) is 123 Å². The third kappa shape index (κ3) is 3.58. The van der Waals surface area contributed by atoms with Crippen LogP contribution < -0.4 is 16.0 Å². The number of carbonyl (C=O) groups excluding carboxylic acids is 1. The monoisotopic (exact) mass is 407 g/mol. The summed E-state index contributed by atoms with van der Waals surface area (Å²) in [5.74, 6) is 1.01.